The van der Waals surface area contributed by atoms with Crippen LogP contribution in [0.1, 0.15) is 35.7 Å². The Hall–Kier alpha value is -3.12. The molecule has 2 aliphatic rings. The maximum atomic E-state index is 13.5. The van der Waals surface area contributed by atoms with E-state index in [1.54, 1.807) is 0 Å². The third-order valence-electron chi connectivity index (χ3n) is 6.91. The molecule has 1 atom stereocenters. The fraction of sp³-hybridized carbons (Fsp3) is 0.407. The lowest BCUT2D eigenvalue weighted by atomic mass is 9.92. The Bertz CT molecular complexity index is 1190. The van der Waals surface area contributed by atoms with Gasteiger partial charge in [0.2, 0.25) is 0 Å². The van der Waals surface area contributed by atoms with Gasteiger partial charge in [0, 0.05) is 37.1 Å². The second kappa shape index (κ2) is 9.02. The number of rotatable bonds is 3. The van der Waals surface area contributed by atoms with Crippen molar-refractivity contribution in [2.24, 2.45) is 5.92 Å². The summed E-state index contributed by atoms with van der Waals surface area (Å²) < 4.78 is 5.49. The number of hydrogen-bond donors (Lipinski definition) is 1. The molecule has 3 aromatic rings. The number of amides is 1. The number of fused-ring (bicyclic) bond motifs is 1. The van der Waals surface area contributed by atoms with Gasteiger partial charge in [-0.3, -0.25) is 4.79 Å². The zero-order valence-electron chi connectivity index (χ0n) is 19.5. The summed E-state index contributed by atoms with van der Waals surface area (Å²) >= 11 is 0. The lowest BCUT2D eigenvalue weighted by molar-refractivity contribution is 0.0683. The first-order valence-corrected chi connectivity index (χ1v) is 11.9. The topological polar surface area (TPSA) is 71.7 Å². The first-order valence-electron chi connectivity index (χ1n) is 11.9. The van der Waals surface area contributed by atoms with E-state index in [1.807, 2.05) is 23.1 Å². The molecule has 6 nitrogen and oxygen atoms in total. The van der Waals surface area contributed by atoms with E-state index >= 15 is 0 Å². The number of likely N-dealkylation sites (tertiary alicyclic amines) is 1. The maximum absolute atomic E-state index is 13.5. The standard InChI is InChI=1S/C27H32N4O2/c1-18-5-4-10-31(17-18)27(32)22-7-3-6-19(2)25(22)20-8-9-23-21(15-20)16-24(26(28)29-23)30-11-13-33-14-12-30/h3,6-9,15-16,18H,4-5,10-14,17H2,1-2H3,(H2,28,29)/t18-/m1/s1. The van der Waals surface area contributed by atoms with E-state index in [2.05, 4.69) is 48.0 Å². The van der Waals surface area contributed by atoms with Crippen LogP contribution in [-0.2, 0) is 4.74 Å². The van der Waals surface area contributed by atoms with Gasteiger partial charge in [-0.1, -0.05) is 25.1 Å². The van der Waals surface area contributed by atoms with E-state index in [4.69, 9.17) is 10.5 Å². The molecule has 2 N–H and O–H groups in total. The van der Waals surface area contributed by atoms with Crippen molar-refractivity contribution >= 4 is 28.3 Å². The van der Waals surface area contributed by atoms with Crippen molar-refractivity contribution in [3.8, 4) is 11.1 Å². The number of nitrogen functional groups attached to an aromatic ring is 1. The highest BCUT2D eigenvalue weighted by molar-refractivity contribution is 6.03. The molecular formula is C27H32N4O2. The molecule has 0 unspecified atom stereocenters. The Labute approximate surface area is 195 Å². The molecule has 0 aliphatic carbocycles. The lowest BCUT2D eigenvalue weighted by Crippen LogP contribution is -2.39. The smallest absolute Gasteiger partial charge is 0.254 e. The number of aryl methyl sites for hydroxylation is 1. The summed E-state index contributed by atoms with van der Waals surface area (Å²) in [7, 11) is 0. The third-order valence-corrected chi connectivity index (χ3v) is 6.91. The molecule has 2 fully saturated rings. The molecule has 2 saturated heterocycles. The molecule has 0 spiro atoms. The van der Waals surface area contributed by atoms with Crippen molar-refractivity contribution in [1.29, 1.82) is 0 Å². The molecule has 2 aromatic carbocycles. The second-order valence-corrected chi connectivity index (χ2v) is 9.40. The fourth-order valence-corrected chi connectivity index (χ4v) is 5.17. The van der Waals surface area contributed by atoms with Gasteiger partial charge in [-0.2, -0.15) is 0 Å². The molecule has 172 valence electrons. The third kappa shape index (κ3) is 4.27. The van der Waals surface area contributed by atoms with Gasteiger partial charge in [-0.25, -0.2) is 4.98 Å². The van der Waals surface area contributed by atoms with E-state index < -0.39 is 0 Å². The zero-order chi connectivity index (χ0) is 22.9. The van der Waals surface area contributed by atoms with Crippen molar-refractivity contribution in [3.05, 3.63) is 53.6 Å². The molecule has 2 aliphatic heterocycles. The Kier molecular flexibility index (Phi) is 5.94. The van der Waals surface area contributed by atoms with Gasteiger partial charge >= 0.3 is 0 Å². The summed E-state index contributed by atoms with van der Waals surface area (Å²) in [4.78, 5) is 22.5. The van der Waals surface area contributed by atoms with Crippen LogP contribution in [-0.4, -0.2) is 55.2 Å². The van der Waals surface area contributed by atoms with Gasteiger partial charge in [0.25, 0.3) is 5.91 Å². The minimum Gasteiger partial charge on any atom is -0.382 e. The molecule has 0 saturated carbocycles. The number of nitrogens with two attached hydrogens (primary N) is 1. The highest BCUT2D eigenvalue weighted by Gasteiger charge is 2.25. The molecule has 0 radical (unpaired) electrons. The van der Waals surface area contributed by atoms with Crippen molar-refractivity contribution < 1.29 is 9.53 Å². The van der Waals surface area contributed by atoms with Gasteiger partial charge in [0.15, 0.2) is 0 Å². The van der Waals surface area contributed by atoms with Crippen LogP contribution >= 0.6 is 0 Å². The number of nitrogens with zero attached hydrogens (tertiary/aromatic N) is 3. The molecule has 33 heavy (non-hydrogen) atoms. The molecule has 6 heteroatoms. The predicted molar refractivity (Wildman–Crippen MR) is 134 cm³/mol. The number of carbonyl (C=O) groups is 1. The molecule has 5 rings (SSSR count). The summed E-state index contributed by atoms with van der Waals surface area (Å²) in [5, 5.41) is 1.02. The number of benzene rings is 2. The first kappa shape index (κ1) is 21.7. The highest BCUT2D eigenvalue weighted by atomic mass is 16.5. The van der Waals surface area contributed by atoms with Gasteiger partial charge in [-0.15, -0.1) is 0 Å². The Morgan fingerprint density at radius 2 is 1.94 bits per heavy atom. The number of ether oxygens (including phenoxy) is 1. The van der Waals surface area contributed by atoms with Crippen LogP contribution in [0.25, 0.3) is 22.0 Å². The van der Waals surface area contributed by atoms with Crippen LogP contribution in [0.3, 0.4) is 0 Å². The number of anilines is 2. The number of piperidine rings is 1. The summed E-state index contributed by atoms with van der Waals surface area (Å²) in [6.07, 6.45) is 2.26. The molecule has 3 heterocycles. The second-order valence-electron chi connectivity index (χ2n) is 9.40. The Balaban J connectivity index is 1.56. The summed E-state index contributed by atoms with van der Waals surface area (Å²) in [5.74, 6) is 1.22. The first-order chi connectivity index (χ1) is 16.0. The SMILES string of the molecule is Cc1cccc(C(=O)N2CCC[C@@H](C)C2)c1-c1ccc2nc(N)c(N3CCOCC3)cc2c1. The van der Waals surface area contributed by atoms with E-state index in [-0.39, 0.29) is 5.91 Å². The molecular weight excluding hydrogens is 412 g/mol. The van der Waals surface area contributed by atoms with Crippen LogP contribution in [0.2, 0.25) is 0 Å². The average Bonchev–Trinajstić information content (AvgIpc) is 2.83. The van der Waals surface area contributed by atoms with Crippen molar-refractivity contribution in [2.45, 2.75) is 26.7 Å². The van der Waals surface area contributed by atoms with E-state index in [0.717, 1.165) is 71.4 Å². The van der Waals surface area contributed by atoms with Gasteiger partial charge in [-0.05, 0) is 66.6 Å². The van der Waals surface area contributed by atoms with E-state index in [9.17, 15) is 4.79 Å². The van der Waals surface area contributed by atoms with E-state index in [0.29, 0.717) is 24.9 Å². The monoisotopic (exact) mass is 444 g/mol. The van der Waals surface area contributed by atoms with Crippen LogP contribution in [0, 0.1) is 12.8 Å². The largest absolute Gasteiger partial charge is 0.382 e. The predicted octanol–water partition coefficient (Wildman–Crippen LogP) is 4.50. The summed E-state index contributed by atoms with van der Waals surface area (Å²) in [6, 6.07) is 14.4. The van der Waals surface area contributed by atoms with Crippen molar-refractivity contribution in [1.82, 2.24) is 9.88 Å². The maximum Gasteiger partial charge on any atom is 0.254 e. The van der Waals surface area contributed by atoms with Crippen LogP contribution in [0.5, 0.6) is 0 Å². The zero-order valence-corrected chi connectivity index (χ0v) is 19.5. The minimum absolute atomic E-state index is 0.129. The summed E-state index contributed by atoms with van der Waals surface area (Å²) in [6.45, 7) is 8.98. The average molecular weight is 445 g/mol. The van der Waals surface area contributed by atoms with Gasteiger partial charge in [0.05, 0.1) is 24.4 Å². The molecule has 1 amide bonds. The fourth-order valence-electron chi connectivity index (χ4n) is 5.17. The van der Waals surface area contributed by atoms with Gasteiger partial charge < -0.3 is 20.3 Å². The number of pyridine rings is 1. The minimum atomic E-state index is 0.129. The number of hydrogen-bond acceptors (Lipinski definition) is 5. The normalized spacial score (nSPS) is 19.2. The summed E-state index contributed by atoms with van der Waals surface area (Å²) in [5.41, 5.74) is 12.0. The number of carbonyl (C=O) groups excluding carboxylic acids is 1. The van der Waals surface area contributed by atoms with Crippen LogP contribution < -0.4 is 10.6 Å². The van der Waals surface area contributed by atoms with Crippen molar-refractivity contribution in [2.75, 3.05) is 50.0 Å². The van der Waals surface area contributed by atoms with Gasteiger partial charge in [0.1, 0.15) is 5.82 Å². The van der Waals surface area contributed by atoms with Crippen LogP contribution in [0.15, 0.2) is 42.5 Å². The number of aromatic nitrogens is 1. The number of morpholine rings is 1. The van der Waals surface area contributed by atoms with Crippen LogP contribution in [0.4, 0.5) is 11.5 Å². The van der Waals surface area contributed by atoms with E-state index in [1.165, 1.54) is 6.42 Å². The molecule has 0 bridgehead atoms. The highest BCUT2D eigenvalue weighted by Crippen LogP contribution is 2.34. The molecule has 1 aromatic heterocycles. The Morgan fingerprint density at radius 1 is 1.12 bits per heavy atom. The lowest BCUT2D eigenvalue weighted by Gasteiger charge is -2.31. The quantitative estimate of drug-likeness (QED) is 0.644. The Morgan fingerprint density at radius 3 is 2.73 bits per heavy atom. The van der Waals surface area contributed by atoms with Crippen molar-refractivity contribution in [3.63, 3.8) is 0 Å².